The van der Waals surface area contributed by atoms with E-state index in [1.54, 1.807) is 13.8 Å². The first-order chi connectivity index (χ1) is 11.1. The number of benzene rings is 1. The molecule has 132 valence electrons. The van der Waals surface area contributed by atoms with Crippen molar-refractivity contribution in [1.82, 2.24) is 4.90 Å². The Morgan fingerprint density at radius 2 is 1.83 bits per heavy atom. The van der Waals surface area contributed by atoms with Crippen LogP contribution in [0.5, 0.6) is 0 Å². The highest BCUT2D eigenvalue weighted by Crippen LogP contribution is 2.36. The molecule has 0 spiro atoms. The SMILES string of the molecule is CC1CN(C(=O)C(=O)Nc2ccc(Cl)cc2C(F)(F)F)CC(C)O1. The minimum atomic E-state index is -4.71. The third-order valence-corrected chi connectivity index (χ3v) is 3.67. The summed E-state index contributed by atoms with van der Waals surface area (Å²) in [7, 11) is 0. The molecule has 2 rings (SSSR count). The van der Waals surface area contributed by atoms with E-state index in [9.17, 15) is 22.8 Å². The second-order valence-electron chi connectivity index (χ2n) is 5.61. The monoisotopic (exact) mass is 364 g/mol. The zero-order chi connectivity index (χ0) is 18.1. The normalized spacial score (nSPS) is 21.5. The molecule has 1 aromatic carbocycles. The van der Waals surface area contributed by atoms with E-state index in [4.69, 9.17) is 16.3 Å². The number of rotatable bonds is 1. The second-order valence-corrected chi connectivity index (χ2v) is 6.05. The number of hydrogen-bond donors (Lipinski definition) is 1. The van der Waals surface area contributed by atoms with E-state index in [1.807, 2.05) is 5.32 Å². The quantitative estimate of drug-likeness (QED) is 0.779. The van der Waals surface area contributed by atoms with E-state index < -0.39 is 29.2 Å². The lowest BCUT2D eigenvalue weighted by molar-refractivity contribution is -0.151. The molecule has 1 aromatic rings. The largest absolute Gasteiger partial charge is 0.418 e. The lowest BCUT2D eigenvalue weighted by Gasteiger charge is -2.34. The summed E-state index contributed by atoms with van der Waals surface area (Å²) in [5.41, 5.74) is -1.63. The van der Waals surface area contributed by atoms with Crippen LogP contribution in [0.3, 0.4) is 0 Å². The number of hydrogen-bond acceptors (Lipinski definition) is 3. The number of amides is 2. The van der Waals surface area contributed by atoms with Crippen molar-refractivity contribution >= 4 is 29.1 Å². The van der Waals surface area contributed by atoms with Crippen molar-refractivity contribution in [2.45, 2.75) is 32.2 Å². The molecule has 0 saturated carbocycles. The van der Waals surface area contributed by atoms with Gasteiger partial charge in [-0.25, -0.2) is 0 Å². The van der Waals surface area contributed by atoms with Crippen molar-refractivity contribution in [3.05, 3.63) is 28.8 Å². The standard InChI is InChI=1S/C15H16ClF3N2O3/c1-8-6-21(7-9(2)24-8)14(23)13(22)20-12-4-3-10(16)5-11(12)15(17,18)19/h3-5,8-9H,6-7H2,1-2H3,(H,20,22). The molecule has 0 bridgehead atoms. The summed E-state index contributed by atoms with van der Waals surface area (Å²) in [5, 5.41) is 1.90. The number of nitrogens with one attached hydrogen (secondary N) is 1. The molecular weight excluding hydrogens is 349 g/mol. The van der Waals surface area contributed by atoms with Crippen molar-refractivity contribution in [2.75, 3.05) is 18.4 Å². The van der Waals surface area contributed by atoms with E-state index in [0.29, 0.717) is 6.07 Å². The number of morpholine rings is 1. The molecule has 0 aromatic heterocycles. The van der Waals surface area contributed by atoms with Crippen LogP contribution in [0.1, 0.15) is 19.4 Å². The van der Waals surface area contributed by atoms with Crippen LogP contribution in [0.15, 0.2) is 18.2 Å². The molecule has 1 heterocycles. The van der Waals surface area contributed by atoms with Crippen LogP contribution in [-0.2, 0) is 20.5 Å². The Balaban J connectivity index is 2.16. The third-order valence-electron chi connectivity index (χ3n) is 3.44. The van der Waals surface area contributed by atoms with E-state index in [1.165, 1.54) is 11.0 Å². The highest BCUT2D eigenvalue weighted by Gasteiger charge is 2.35. The zero-order valence-corrected chi connectivity index (χ0v) is 13.7. The van der Waals surface area contributed by atoms with Crippen molar-refractivity contribution in [1.29, 1.82) is 0 Å². The second kappa shape index (κ2) is 6.98. The fourth-order valence-corrected chi connectivity index (χ4v) is 2.70. The molecule has 1 N–H and O–H groups in total. The van der Waals surface area contributed by atoms with Gasteiger partial charge in [0.2, 0.25) is 0 Å². The number of alkyl halides is 3. The van der Waals surface area contributed by atoms with Crippen LogP contribution < -0.4 is 5.32 Å². The first-order valence-electron chi connectivity index (χ1n) is 7.20. The van der Waals surface area contributed by atoms with Crippen molar-refractivity contribution in [2.24, 2.45) is 0 Å². The Kier molecular flexibility index (Phi) is 5.39. The van der Waals surface area contributed by atoms with Gasteiger partial charge in [-0.05, 0) is 32.0 Å². The number of carbonyl (C=O) groups excluding carboxylic acids is 2. The predicted octanol–water partition coefficient (Wildman–Crippen LogP) is 2.93. The van der Waals surface area contributed by atoms with Gasteiger partial charge >= 0.3 is 18.0 Å². The molecule has 2 atom stereocenters. The lowest BCUT2D eigenvalue weighted by Crippen LogP contribution is -2.51. The summed E-state index contributed by atoms with van der Waals surface area (Å²) in [5.74, 6) is -2.04. The molecule has 24 heavy (non-hydrogen) atoms. The molecule has 5 nitrogen and oxygen atoms in total. The van der Waals surface area contributed by atoms with E-state index in [0.717, 1.165) is 6.07 Å². The van der Waals surface area contributed by atoms with Crippen LogP contribution >= 0.6 is 11.6 Å². The van der Waals surface area contributed by atoms with Crippen molar-refractivity contribution in [3.8, 4) is 0 Å². The molecule has 1 fully saturated rings. The fraction of sp³-hybridized carbons (Fsp3) is 0.467. The molecule has 2 unspecified atom stereocenters. The Bertz CT molecular complexity index is 641. The van der Waals surface area contributed by atoms with Gasteiger partial charge < -0.3 is 15.0 Å². The summed E-state index contributed by atoms with van der Waals surface area (Å²) in [6, 6.07) is 2.91. The average molecular weight is 365 g/mol. The van der Waals surface area contributed by atoms with Gasteiger partial charge in [0.05, 0.1) is 23.5 Å². The number of carbonyl (C=O) groups is 2. The molecule has 1 saturated heterocycles. The number of ether oxygens (including phenoxy) is 1. The molecule has 1 aliphatic rings. The number of halogens is 4. The van der Waals surface area contributed by atoms with Crippen molar-refractivity contribution in [3.63, 3.8) is 0 Å². The maximum Gasteiger partial charge on any atom is 0.418 e. The van der Waals surface area contributed by atoms with Crippen LogP contribution in [0.25, 0.3) is 0 Å². The Morgan fingerprint density at radius 1 is 1.25 bits per heavy atom. The molecular formula is C15H16ClF3N2O3. The topological polar surface area (TPSA) is 58.6 Å². The summed E-state index contributed by atoms with van der Waals surface area (Å²) in [6.07, 6.45) is -5.23. The first-order valence-corrected chi connectivity index (χ1v) is 7.58. The van der Waals surface area contributed by atoms with Gasteiger partial charge in [-0.2, -0.15) is 13.2 Å². The predicted molar refractivity (Wildman–Crippen MR) is 81.7 cm³/mol. The molecule has 2 amide bonds. The highest BCUT2D eigenvalue weighted by atomic mass is 35.5. The van der Waals surface area contributed by atoms with E-state index in [2.05, 4.69) is 0 Å². The first kappa shape index (κ1) is 18.5. The van der Waals surface area contributed by atoms with Gasteiger partial charge in [0, 0.05) is 18.1 Å². The van der Waals surface area contributed by atoms with Crippen LogP contribution in [0.2, 0.25) is 5.02 Å². The van der Waals surface area contributed by atoms with Gasteiger partial charge in [0.15, 0.2) is 0 Å². The minimum absolute atomic E-state index is 0.123. The van der Waals surface area contributed by atoms with Crippen molar-refractivity contribution < 1.29 is 27.5 Å². The zero-order valence-electron chi connectivity index (χ0n) is 13.0. The maximum absolute atomic E-state index is 13.0. The van der Waals surface area contributed by atoms with Gasteiger partial charge in [-0.3, -0.25) is 9.59 Å². The van der Waals surface area contributed by atoms with Gasteiger partial charge in [0.25, 0.3) is 0 Å². The van der Waals surface area contributed by atoms with E-state index in [-0.39, 0.29) is 30.3 Å². The molecule has 9 heteroatoms. The maximum atomic E-state index is 13.0. The third kappa shape index (κ3) is 4.39. The van der Waals surface area contributed by atoms with Crippen LogP contribution in [-0.4, -0.2) is 42.0 Å². The Morgan fingerprint density at radius 3 is 2.38 bits per heavy atom. The smallest absolute Gasteiger partial charge is 0.372 e. The number of nitrogens with zero attached hydrogens (tertiary/aromatic N) is 1. The molecule has 0 aliphatic carbocycles. The van der Waals surface area contributed by atoms with Crippen LogP contribution in [0, 0.1) is 0 Å². The van der Waals surface area contributed by atoms with Gasteiger partial charge in [-0.1, -0.05) is 11.6 Å². The Hall–Kier alpha value is -1.80. The molecule has 1 aliphatic heterocycles. The highest BCUT2D eigenvalue weighted by molar-refractivity contribution is 6.39. The Labute approximate surface area is 141 Å². The number of anilines is 1. The summed E-state index contributed by atoms with van der Waals surface area (Å²) in [4.78, 5) is 25.5. The fourth-order valence-electron chi connectivity index (χ4n) is 2.52. The van der Waals surface area contributed by atoms with Gasteiger partial charge in [-0.15, -0.1) is 0 Å². The summed E-state index contributed by atoms with van der Waals surface area (Å²) in [6.45, 7) is 3.89. The van der Waals surface area contributed by atoms with Crippen LogP contribution in [0.4, 0.5) is 18.9 Å². The van der Waals surface area contributed by atoms with E-state index >= 15 is 0 Å². The molecule has 0 radical (unpaired) electrons. The lowest BCUT2D eigenvalue weighted by atomic mass is 10.1. The summed E-state index contributed by atoms with van der Waals surface area (Å²) < 4.78 is 44.5. The summed E-state index contributed by atoms with van der Waals surface area (Å²) >= 11 is 5.57. The average Bonchev–Trinajstić information content (AvgIpc) is 2.46. The van der Waals surface area contributed by atoms with Gasteiger partial charge in [0.1, 0.15) is 0 Å². The minimum Gasteiger partial charge on any atom is -0.372 e.